The third-order valence-electron chi connectivity index (χ3n) is 29.9. The molecule has 0 aliphatic heterocycles. The van der Waals surface area contributed by atoms with Crippen molar-refractivity contribution in [2.45, 2.75) is 59.3 Å². The van der Waals surface area contributed by atoms with E-state index < -0.39 is 0 Å². The van der Waals surface area contributed by atoms with E-state index in [0.717, 1.165) is 66.6 Å². The minimum Gasteiger partial charge on any atom is -0.208 e. The van der Waals surface area contributed by atoms with E-state index in [1.165, 1.54) is 165 Å². The standard InChI is InChI=1S/C80H57N3.C34H25N3.C26H19N3/c1-48-34-36-53(37-35-48)76-81-77(54-38-40-56-62-44-64-66(46-70(62)79(2,3)68(56)42-54)74(51-26-14-8-15-27-51)60-32-20-18-30-58(60)72(64)49-22-10-6-11-23-49)83-78(82-76)55-39-41-57-63-45-65-67(47-71(63)80(4,5)69(57)43-55)75(52-28-16-9-17-29-52)61-33-21-19-31-59(61)73(65)50-24-12-7-13-25-50;1-24-12-14-29(15-13-24)32-35-33(30-20-16-27(17-21-30)25-8-4-2-5-9-25)37-34(36-32)31-22-18-28(19-23-31)26-10-6-3-7-11-26;1-18-16-17-23(22-15-9-8-14-21(18)22)26-28-24(19-10-4-2-5-11-19)27-25(29-26)20-12-6-3-7-13-20/h6-47H,1-5H3;2-23H,1H3;2-17H,1H3. The van der Waals surface area contributed by atoms with Gasteiger partial charge in [0, 0.05) is 60.9 Å². The number of aryl methyl sites for hydroxylation is 3. The maximum absolute atomic E-state index is 5.47. The molecule has 0 atom stereocenters. The molecule has 0 radical (unpaired) electrons. The molecule has 2 aliphatic rings. The molecule has 22 aromatic carbocycles. The monoisotopic (exact) mass is 1910 g/mol. The van der Waals surface area contributed by atoms with Crippen molar-refractivity contribution in [2.75, 3.05) is 0 Å². The predicted molar refractivity (Wildman–Crippen MR) is 618 cm³/mol. The first-order valence-electron chi connectivity index (χ1n) is 51.0. The van der Waals surface area contributed by atoms with Crippen LogP contribution in [-0.2, 0) is 10.8 Å². The van der Waals surface area contributed by atoms with E-state index in [4.69, 9.17) is 44.9 Å². The summed E-state index contributed by atoms with van der Waals surface area (Å²) in [5.41, 5.74) is 36.5. The number of benzene rings is 22. The summed E-state index contributed by atoms with van der Waals surface area (Å²) < 4.78 is 0. The van der Waals surface area contributed by atoms with Crippen molar-refractivity contribution in [1.29, 1.82) is 0 Å². The van der Waals surface area contributed by atoms with Crippen molar-refractivity contribution in [2.24, 2.45) is 0 Å². The first kappa shape index (κ1) is 91.4. The Morgan fingerprint density at radius 2 is 0.336 bits per heavy atom. The molecule has 0 saturated heterocycles. The number of rotatable bonds is 15. The average Bonchev–Trinajstić information content (AvgIpc) is 1.56. The maximum atomic E-state index is 5.47. The van der Waals surface area contributed by atoms with Gasteiger partial charge in [0.15, 0.2) is 52.4 Å². The molecular weight excluding hydrogens is 1810 g/mol. The van der Waals surface area contributed by atoms with E-state index in [2.05, 4.69) is 461 Å². The van der Waals surface area contributed by atoms with Crippen LogP contribution in [0.2, 0.25) is 0 Å². The number of hydrogen-bond donors (Lipinski definition) is 0. The van der Waals surface area contributed by atoms with Gasteiger partial charge < -0.3 is 0 Å². The molecule has 149 heavy (non-hydrogen) atoms. The summed E-state index contributed by atoms with van der Waals surface area (Å²) in [6.07, 6.45) is 0. The van der Waals surface area contributed by atoms with Crippen LogP contribution in [0, 0.1) is 20.8 Å². The molecule has 25 aromatic rings. The first-order valence-corrected chi connectivity index (χ1v) is 51.0. The average molecular weight is 1910 g/mol. The number of hydrogen-bond acceptors (Lipinski definition) is 9. The molecule has 2 aliphatic carbocycles. The SMILES string of the molecule is Cc1ccc(-c2nc(-c3ccc(-c4ccccc4)cc3)nc(-c3ccc(-c4ccccc4)cc3)n2)cc1.Cc1ccc(-c2nc(-c3ccc4c(c3)C(C)(C)c3cc5c(-c6ccccc6)c6ccccc6c(-c6ccccc6)c5cc3-4)nc(-c3ccc4c(c3)C(C)(C)c3cc5c(-c6ccccc6)c6ccccc6c(-c6ccccc6)c5cc3-4)n2)cc1.Cc1ccc(-c2nc(-c3ccccc3)nc(-c3ccccc3)n2)c2ccccc12. The largest absolute Gasteiger partial charge is 0.208 e. The van der Waals surface area contributed by atoms with Gasteiger partial charge in [0.25, 0.3) is 0 Å². The Kier molecular flexibility index (Phi) is 23.5. The van der Waals surface area contributed by atoms with E-state index in [1.807, 2.05) is 72.8 Å². The van der Waals surface area contributed by atoms with Gasteiger partial charge in [-0.25, -0.2) is 44.9 Å². The quantitative estimate of drug-likeness (QED) is 0.0925. The Morgan fingerprint density at radius 3 is 0.638 bits per heavy atom. The number of fused-ring (bicyclic) bond motifs is 11. The molecule has 3 aromatic heterocycles. The minimum absolute atomic E-state index is 0.334. The molecule has 0 unspecified atom stereocenters. The molecule has 0 amide bonds. The fourth-order valence-corrected chi connectivity index (χ4v) is 22.1. The van der Waals surface area contributed by atoms with Gasteiger partial charge in [-0.05, 0) is 228 Å². The van der Waals surface area contributed by atoms with E-state index in [-0.39, 0.29) is 10.8 Å². The Bertz CT molecular complexity index is 8990. The van der Waals surface area contributed by atoms with Crippen LogP contribution in [-0.4, -0.2) is 44.9 Å². The normalized spacial score (nSPS) is 12.4. The second kappa shape index (κ2) is 38.4. The molecule has 0 saturated carbocycles. The third-order valence-corrected chi connectivity index (χ3v) is 29.9. The fourth-order valence-electron chi connectivity index (χ4n) is 22.1. The predicted octanol–water partition coefficient (Wildman–Crippen LogP) is 35.9. The number of aromatic nitrogens is 9. The minimum atomic E-state index is -0.334. The van der Waals surface area contributed by atoms with Crippen molar-refractivity contribution in [3.63, 3.8) is 0 Å². The van der Waals surface area contributed by atoms with Crippen LogP contribution in [0.3, 0.4) is 0 Å². The molecule has 27 rings (SSSR count). The zero-order valence-electron chi connectivity index (χ0n) is 83.7. The molecule has 706 valence electrons. The second-order valence-electron chi connectivity index (χ2n) is 40.0. The molecule has 0 fully saturated rings. The summed E-state index contributed by atoms with van der Waals surface area (Å²) in [4.78, 5) is 45.3. The highest BCUT2D eigenvalue weighted by atomic mass is 15.1. The summed E-state index contributed by atoms with van der Waals surface area (Å²) in [6, 6.07) is 173. The van der Waals surface area contributed by atoms with Crippen LogP contribution in [0.15, 0.2) is 485 Å². The molecular formula is C140H101N9. The van der Waals surface area contributed by atoms with Gasteiger partial charge in [0.2, 0.25) is 0 Å². The molecule has 9 nitrogen and oxygen atoms in total. The molecule has 0 bridgehead atoms. The smallest absolute Gasteiger partial charge is 0.164 e. The maximum Gasteiger partial charge on any atom is 0.164 e. The zero-order chi connectivity index (χ0) is 100. The highest BCUT2D eigenvalue weighted by Gasteiger charge is 2.40. The van der Waals surface area contributed by atoms with E-state index >= 15 is 0 Å². The van der Waals surface area contributed by atoms with Crippen LogP contribution in [0.25, 0.3) is 245 Å². The van der Waals surface area contributed by atoms with Crippen molar-refractivity contribution >= 4 is 53.9 Å². The van der Waals surface area contributed by atoms with Crippen LogP contribution < -0.4 is 0 Å². The highest BCUT2D eigenvalue weighted by Crippen LogP contribution is 2.57. The molecule has 3 heterocycles. The molecule has 0 N–H and O–H groups in total. The summed E-state index contributed by atoms with van der Waals surface area (Å²) in [5.74, 6) is 5.98. The van der Waals surface area contributed by atoms with Crippen molar-refractivity contribution in [3.8, 4) is 192 Å². The second-order valence-corrected chi connectivity index (χ2v) is 40.0. The topological polar surface area (TPSA) is 116 Å². The third kappa shape index (κ3) is 17.1. The lowest BCUT2D eigenvalue weighted by Crippen LogP contribution is -2.15. The van der Waals surface area contributed by atoms with E-state index in [9.17, 15) is 0 Å². The fraction of sp³-hybridized carbons (Fsp3) is 0.0643. The van der Waals surface area contributed by atoms with Gasteiger partial charge in [0.1, 0.15) is 0 Å². The summed E-state index contributed by atoms with van der Waals surface area (Å²) in [6.45, 7) is 15.9. The van der Waals surface area contributed by atoms with Gasteiger partial charge in [0.05, 0.1) is 0 Å². The molecule has 0 spiro atoms. The first-order chi connectivity index (χ1) is 73.1. The lowest BCUT2D eigenvalue weighted by atomic mass is 9.79. The van der Waals surface area contributed by atoms with Crippen LogP contribution in [0.5, 0.6) is 0 Å². The van der Waals surface area contributed by atoms with Crippen LogP contribution >= 0.6 is 0 Å². The van der Waals surface area contributed by atoms with E-state index in [1.54, 1.807) is 0 Å². The molecule has 9 heteroatoms. The van der Waals surface area contributed by atoms with Gasteiger partial charge in [-0.3, -0.25) is 0 Å². The lowest BCUT2D eigenvalue weighted by molar-refractivity contribution is 0.661. The Labute approximate surface area is 867 Å². The van der Waals surface area contributed by atoms with Crippen molar-refractivity contribution < 1.29 is 0 Å². The van der Waals surface area contributed by atoms with Crippen molar-refractivity contribution in [3.05, 3.63) is 524 Å². The summed E-state index contributed by atoms with van der Waals surface area (Å²) >= 11 is 0. The van der Waals surface area contributed by atoms with Crippen molar-refractivity contribution in [1.82, 2.24) is 44.9 Å². The Balaban J connectivity index is 0.000000142. The lowest BCUT2D eigenvalue weighted by Gasteiger charge is -2.24. The summed E-state index contributed by atoms with van der Waals surface area (Å²) in [5, 5.41) is 12.4. The van der Waals surface area contributed by atoms with Gasteiger partial charge in [-0.2, -0.15) is 0 Å². The summed E-state index contributed by atoms with van der Waals surface area (Å²) in [7, 11) is 0. The van der Waals surface area contributed by atoms with Crippen LogP contribution in [0.4, 0.5) is 0 Å². The Morgan fingerprint density at radius 1 is 0.134 bits per heavy atom. The van der Waals surface area contributed by atoms with Gasteiger partial charge >= 0.3 is 0 Å². The van der Waals surface area contributed by atoms with Gasteiger partial charge in [-0.15, -0.1) is 0 Å². The Hall–Kier alpha value is -18.8. The van der Waals surface area contributed by atoms with E-state index in [0.29, 0.717) is 52.4 Å². The zero-order valence-corrected chi connectivity index (χ0v) is 83.7. The highest BCUT2D eigenvalue weighted by molar-refractivity contribution is 6.24. The van der Waals surface area contributed by atoms with Crippen LogP contribution in [0.1, 0.15) is 66.6 Å². The number of nitrogens with zero attached hydrogens (tertiary/aromatic N) is 9. The van der Waals surface area contributed by atoms with Gasteiger partial charge in [-0.1, -0.05) is 488 Å².